The summed E-state index contributed by atoms with van der Waals surface area (Å²) in [6, 6.07) is 0.539. The molecule has 0 saturated carbocycles. The number of likely N-dealkylation sites (tertiary alicyclic amines) is 1. The number of nitro groups is 1. The quantitative estimate of drug-likeness (QED) is 0.578. The lowest BCUT2D eigenvalue weighted by molar-refractivity contribution is -0.385. The maximum atomic E-state index is 10.5. The summed E-state index contributed by atoms with van der Waals surface area (Å²) in [5.41, 5.74) is 0.0599. The number of hydrogen-bond donors (Lipinski definition) is 0. The Hall–Kier alpha value is -1.43. The van der Waals surface area contributed by atoms with E-state index in [0.717, 1.165) is 6.54 Å². The van der Waals surface area contributed by atoms with Gasteiger partial charge in [0.1, 0.15) is 12.4 Å². The predicted molar refractivity (Wildman–Crippen MR) is 58.9 cm³/mol. The molecule has 1 aromatic rings. The van der Waals surface area contributed by atoms with Gasteiger partial charge in [-0.05, 0) is 19.8 Å². The Labute approximate surface area is 94.0 Å². The van der Waals surface area contributed by atoms with E-state index in [1.807, 2.05) is 0 Å². The van der Waals surface area contributed by atoms with E-state index in [2.05, 4.69) is 16.9 Å². The third kappa shape index (κ3) is 2.38. The third-order valence-electron chi connectivity index (χ3n) is 3.10. The lowest BCUT2D eigenvalue weighted by Crippen LogP contribution is -2.38. The van der Waals surface area contributed by atoms with Crippen LogP contribution in [-0.2, 0) is 6.67 Å². The van der Waals surface area contributed by atoms with Crippen molar-refractivity contribution in [2.24, 2.45) is 0 Å². The number of aromatic nitrogens is 2. The van der Waals surface area contributed by atoms with Gasteiger partial charge in [0.15, 0.2) is 0 Å². The molecule has 88 valence electrons. The van der Waals surface area contributed by atoms with Gasteiger partial charge in [-0.15, -0.1) is 0 Å². The van der Waals surface area contributed by atoms with Crippen molar-refractivity contribution in [3.05, 3.63) is 22.5 Å². The number of rotatable bonds is 3. The smallest absolute Gasteiger partial charge is 0.282 e. The van der Waals surface area contributed by atoms with Gasteiger partial charge in [-0.3, -0.25) is 19.7 Å². The van der Waals surface area contributed by atoms with Crippen molar-refractivity contribution in [1.29, 1.82) is 0 Å². The molecule has 6 nitrogen and oxygen atoms in total. The van der Waals surface area contributed by atoms with E-state index in [-0.39, 0.29) is 5.69 Å². The standard InChI is InChI=1S/C10H16N4O2/c1-9-4-2-3-5-12(9)8-13-7-10(6-11-13)14(15)16/h6-7,9H,2-5,8H2,1H3. The topological polar surface area (TPSA) is 64.2 Å². The van der Waals surface area contributed by atoms with Crippen LogP contribution >= 0.6 is 0 Å². The van der Waals surface area contributed by atoms with Gasteiger partial charge in [-0.2, -0.15) is 5.10 Å². The van der Waals surface area contributed by atoms with Crippen molar-refractivity contribution >= 4 is 5.69 Å². The molecule has 0 spiro atoms. The van der Waals surface area contributed by atoms with Gasteiger partial charge in [0.05, 0.1) is 11.6 Å². The summed E-state index contributed by atoms with van der Waals surface area (Å²) >= 11 is 0. The lowest BCUT2D eigenvalue weighted by atomic mass is 10.0. The van der Waals surface area contributed by atoms with E-state index in [1.54, 1.807) is 4.68 Å². The molecule has 0 aromatic carbocycles. The zero-order valence-electron chi connectivity index (χ0n) is 9.37. The van der Waals surface area contributed by atoms with E-state index in [4.69, 9.17) is 0 Å². The van der Waals surface area contributed by atoms with Crippen LogP contribution in [0.25, 0.3) is 0 Å². The van der Waals surface area contributed by atoms with Crippen LogP contribution in [0.5, 0.6) is 0 Å². The second-order valence-electron chi connectivity index (χ2n) is 4.29. The molecule has 1 atom stereocenters. The second kappa shape index (κ2) is 4.61. The van der Waals surface area contributed by atoms with Crippen molar-refractivity contribution in [1.82, 2.24) is 14.7 Å². The molecule has 1 aromatic heterocycles. The summed E-state index contributed by atoms with van der Waals surface area (Å²) in [5.74, 6) is 0. The predicted octanol–water partition coefficient (Wildman–Crippen LogP) is 1.62. The fourth-order valence-electron chi connectivity index (χ4n) is 2.08. The minimum atomic E-state index is -0.414. The number of piperidine rings is 1. The summed E-state index contributed by atoms with van der Waals surface area (Å²) < 4.78 is 1.64. The molecule has 1 fully saturated rings. The summed E-state index contributed by atoms with van der Waals surface area (Å²) in [5, 5.41) is 14.5. The SMILES string of the molecule is CC1CCCCN1Cn1cc([N+](=O)[O-])cn1. The van der Waals surface area contributed by atoms with E-state index < -0.39 is 4.92 Å². The van der Waals surface area contributed by atoms with Gasteiger partial charge in [-0.1, -0.05) is 6.42 Å². The maximum Gasteiger partial charge on any atom is 0.307 e. The molecule has 0 amide bonds. The molecule has 1 aliphatic heterocycles. The Morgan fingerprint density at radius 3 is 3.06 bits per heavy atom. The summed E-state index contributed by atoms with van der Waals surface area (Å²) in [6.07, 6.45) is 6.46. The zero-order valence-corrected chi connectivity index (χ0v) is 9.37. The second-order valence-corrected chi connectivity index (χ2v) is 4.29. The molecule has 2 heterocycles. The molecule has 0 radical (unpaired) electrons. The molecule has 2 rings (SSSR count). The zero-order chi connectivity index (χ0) is 11.5. The molecule has 16 heavy (non-hydrogen) atoms. The molecule has 0 bridgehead atoms. The number of hydrogen-bond acceptors (Lipinski definition) is 4. The summed E-state index contributed by atoms with van der Waals surface area (Å²) in [7, 11) is 0. The fraction of sp³-hybridized carbons (Fsp3) is 0.700. The molecule has 1 unspecified atom stereocenters. The van der Waals surface area contributed by atoms with Gasteiger partial charge < -0.3 is 0 Å². The van der Waals surface area contributed by atoms with E-state index in [9.17, 15) is 10.1 Å². The van der Waals surface area contributed by atoms with Crippen molar-refractivity contribution in [2.45, 2.75) is 38.9 Å². The first-order valence-corrected chi connectivity index (χ1v) is 5.57. The third-order valence-corrected chi connectivity index (χ3v) is 3.10. The van der Waals surface area contributed by atoms with Crippen molar-refractivity contribution in [2.75, 3.05) is 6.54 Å². The number of nitrogens with zero attached hydrogens (tertiary/aromatic N) is 4. The van der Waals surface area contributed by atoms with Crippen LogP contribution in [0.2, 0.25) is 0 Å². The Morgan fingerprint density at radius 2 is 2.44 bits per heavy atom. The minimum absolute atomic E-state index is 0.0599. The first kappa shape index (κ1) is 11.1. The van der Waals surface area contributed by atoms with Crippen LogP contribution in [0, 0.1) is 10.1 Å². The Kier molecular flexibility index (Phi) is 3.19. The first-order chi connectivity index (χ1) is 7.66. The highest BCUT2D eigenvalue weighted by atomic mass is 16.6. The fourth-order valence-corrected chi connectivity index (χ4v) is 2.08. The maximum absolute atomic E-state index is 10.5. The average molecular weight is 224 g/mol. The molecule has 1 saturated heterocycles. The van der Waals surface area contributed by atoms with Gasteiger partial charge >= 0.3 is 5.69 Å². The van der Waals surface area contributed by atoms with Gasteiger partial charge in [0.2, 0.25) is 0 Å². The minimum Gasteiger partial charge on any atom is -0.282 e. The first-order valence-electron chi connectivity index (χ1n) is 5.57. The van der Waals surface area contributed by atoms with Crippen molar-refractivity contribution in [3.63, 3.8) is 0 Å². The molecular formula is C10H16N4O2. The molecule has 1 aliphatic rings. The molecule has 0 N–H and O–H groups in total. The summed E-state index contributed by atoms with van der Waals surface area (Å²) in [6.45, 7) is 3.89. The molecule has 6 heteroatoms. The summed E-state index contributed by atoms with van der Waals surface area (Å²) in [4.78, 5) is 12.4. The van der Waals surface area contributed by atoms with Gasteiger partial charge in [-0.25, -0.2) is 0 Å². The Balaban J connectivity index is 1.99. The van der Waals surface area contributed by atoms with Crippen LogP contribution in [0.4, 0.5) is 5.69 Å². The van der Waals surface area contributed by atoms with Crippen LogP contribution < -0.4 is 0 Å². The van der Waals surface area contributed by atoms with Crippen LogP contribution in [0.15, 0.2) is 12.4 Å². The van der Waals surface area contributed by atoms with Crippen molar-refractivity contribution < 1.29 is 4.92 Å². The normalized spacial score (nSPS) is 22.2. The Bertz CT molecular complexity index is 377. The lowest BCUT2D eigenvalue weighted by Gasteiger charge is -2.32. The van der Waals surface area contributed by atoms with E-state index in [0.29, 0.717) is 12.7 Å². The van der Waals surface area contributed by atoms with Crippen LogP contribution in [-0.4, -0.2) is 32.2 Å². The molecular weight excluding hydrogens is 208 g/mol. The highest BCUT2D eigenvalue weighted by molar-refractivity contribution is 5.20. The Morgan fingerprint density at radius 1 is 1.62 bits per heavy atom. The highest BCUT2D eigenvalue weighted by Gasteiger charge is 2.19. The highest BCUT2D eigenvalue weighted by Crippen LogP contribution is 2.17. The largest absolute Gasteiger partial charge is 0.307 e. The van der Waals surface area contributed by atoms with Gasteiger partial charge in [0, 0.05) is 12.6 Å². The monoisotopic (exact) mass is 224 g/mol. The van der Waals surface area contributed by atoms with Crippen molar-refractivity contribution in [3.8, 4) is 0 Å². The average Bonchev–Trinajstić information content (AvgIpc) is 2.70. The van der Waals surface area contributed by atoms with Crippen LogP contribution in [0.1, 0.15) is 26.2 Å². The van der Waals surface area contributed by atoms with Crippen LogP contribution in [0.3, 0.4) is 0 Å². The van der Waals surface area contributed by atoms with E-state index in [1.165, 1.54) is 31.7 Å². The van der Waals surface area contributed by atoms with E-state index >= 15 is 0 Å². The molecule has 0 aliphatic carbocycles. The van der Waals surface area contributed by atoms with Gasteiger partial charge in [0.25, 0.3) is 0 Å².